The first-order chi connectivity index (χ1) is 8.99. The van der Waals surface area contributed by atoms with Crippen LogP contribution in [0.4, 0.5) is 0 Å². The summed E-state index contributed by atoms with van der Waals surface area (Å²) in [6.45, 7) is 8.12. The number of nitrogens with zero attached hydrogens (tertiary/aromatic N) is 1. The molecule has 0 radical (unpaired) electrons. The second kappa shape index (κ2) is 6.75. The standard InChI is InChI=1S/C15H31NO3S/c1-15(2,3)13-6-7-14(17)12(10-13)11-16(4)8-9-20(5,18)19/h12-14,17H,6-11H2,1-5H3. The number of aliphatic hydroxyl groups excluding tert-OH is 1. The van der Waals surface area contributed by atoms with Gasteiger partial charge in [-0.1, -0.05) is 20.8 Å². The van der Waals surface area contributed by atoms with Gasteiger partial charge in [0.05, 0.1) is 11.9 Å². The highest BCUT2D eigenvalue weighted by Crippen LogP contribution is 2.40. The van der Waals surface area contributed by atoms with Crippen LogP contribution in [0.5, 0.6) is 0 Å². The molecule has 1 N–H and O–H groups in total. The predicted octanol–water partition coefficient (Wildman–Crippen LogP) is 1.79. The van der Waals surface area contributed by atoms with Crippen LogP contribution in [0.3, 0.4) is 0 Å². The summed E-state index contributed by atoms with van der Waals surface area (Å²) in [7, 11) is -0.969. The van der Waals surface area contributed by atoms with E-state index in [1.165, 1.54) is 6.26 Å². The Morgan fingerprint density at radius 3 is 2.35 bits per heavy atom. The number of sulfone groups is 1. The Labute approximate surface area is 124 Å². The fourth-order valence-corrected chi connectivity index (χ4v) is 3.69. The maximum absolute atomic E-state index is 11.2. The summed E-state index contributed by atoms with van der Waals surface area (Å²) in [6, 6.07) is 0. The summed E-state index contributed by atoms with van der Waals surface area (Å²) < 4.78 is 22.4. The third-order valence-electron chi connectivity index (χ3n) is 4.56. The number of rotatable bonds is 5. The number of hydrogen-bond donors (Lipinski definition) is 1. The largest absolute Gasteiger partial charge is 0.393 e. The fourth-order valence-electron chi connectivity index (χ4n) is 3.04. The zero-order valence-corrected chi connectivity index (χ0v) is 14.4. The van der Waals surface area contributed by atoms with Gasteiger partial charge in [-0.05, 0) is 43.6 Å². The highest BCUT2D eigenvalue weighted by atomic mass is 32.2. The molecule has 1 aliphatic carbocycles. The Morgan fingerprint density at radius 2 is 1.85 bits per heavy atom. The molecule has 0 saturated heterocycles. The van der Waals surface area contributed by atoms with E-state index in [1.807, 2.05) is 11.9 Å². The Kier molecular flexibility index (Phi) is 6.05. The van der Waals surface area contributed by atoms with Crippen LogP contribution in [0.2, 0.25) is 0 Å². The van der Waals surface area contributed by atoms with E-state index in [0.29, 0.717) is 12.5 Å². The SMILES string of the molecule is CN(CCS(C)(=O)=O)CC1CC(C(C)(C)C)CCC1O. The highest BCUT2D eigenvalue weighted by Gasteiger charge is 2.35. The van der Waals surface area contributed by atoms with Crippen LogP contribution < -0.4 is 0 Å². The summed E-state index contributed by atoms with van der Waals surface area (Å²) in [5.74, 6) is 1.09. The van der Waals surface area contributed by atoms with Crippen molar-refractivity contribution in [2.45, 2.75) is 46.1 Å². The van der Waals surface area contributed by atoms with Gasteiger partial charge in [-0.2, -0.15) is 0 Å². The molecule has 0 spiro atoms. The van der Waals surface area contributed by atoms with Crippen molar-refractivity contribution in [1.82, 2.24) is 4.90 Å². The van der Waals surface area contributed by atoms with E-state index in [4.69, 9.17) is 0 Å². The van der Waals surface area contributed by atoms with Gasteiger partial charge in [-0.25, -0.2) is 8.42 Å². The first-order valence-electron chi connectivity index (χ1n) is 7.53. The summed E-state index contributed by atoms with van der Waals surface area (Å²) in [6.07, 6.45) is 4.02. The molecule has 0 aromatic rings. The third-order valence-corrected chi connectivity index (χ3v) is 5.48. The lowest BCUT2D eigenvalue weighted by molar-refractivity contribution is 0.00717. The van der Waals surface area contributed by atoms with Gasteiger partial charge in [0.15, 0.2) is 0 Å². The first-order valence-corrected chi connectivity index (χ1v) is 9.59. The molecule has 3 atom stereocenters. The van der Waals surface area contributed by atoms with Gasteiger partial charge in [0.1, 0.15) is 9.84 Å². The number of hydrogen-bond acceptors (Lipinski definition) is 4. The predicted molar refractivity (Wildman–Crippen MR) is 83.5 cm³/mol. The lowest BCUT2D eigenvalue weighted by Crippen LogP contribution is -2.41. The summed E-state index contributed by atoms with van der Waals surface area (Å²) in [4.78, 5) is 2.04. The van der Waals surface area contributed by atoms with Crippen LogP contribution >= 0.6 is 0 Å². The Morgan fingerprint density at radius 1 is 1.25 bits per heavy atom. The average molecular weight is 305 g/mol. The molecule has 120 valence electrons. The molecule has 0 aromatic heterocycles. The monoisotopic (exact) mass is 305 g/mol. The van der Waals surface area contributed by atoms with Gasteiger partial charge in [-0.15, -0.1) is 0 Å². The maximum atomic E-state index is 11.2. The van der Waals surface area contributed by atoms with Crippen molar-refractivity contribution in [2.75, 3.05) is 32.1 Å². The molecule has 0 heterocycles. The summed E-state index contributed by atoms with van der Waals surface area (Å²) in [5, 5.41) is 10.2. The molecular formula is C15H31NO3S. The van der Waals surface area contributed by atoms with Crippen LogP contribution in [0.1, 0.15) is 40.0 Å². The lowest BCUT2D eigenvalue weighted by atomic mass is 9.68. The molecule has 4 nitrogen and oxygen atoms in total. The van der Waals surface area contributed by atoms with E-state index in [2.05, 4.69) is 20.8 Å². The minimum atomic E-state index is -2.91. The minimum absolute atomic E-state index is 0.189. The molecule has 3 unspecified atom stereocenters. The second-order valence-electron chi connectivity index (χ2n) is 7.60. The molecule has 1 fully saturated rings. The van der Waals surface area contributed by atoms with Gasteiger partial charge < -0.3 is 10.0 Å². The Hall–Kier alpha value is -0.130. The van der Waals surface area contributed by atoms with Crippen molar-refractivity contribution in [1.29, 1.82) is 0 Å². The van der Waals surface area contributed by atoms with Crippen molar-refractivity contribution in [2.24, 2.45) is 17.3 Å². The topological polar surface area (TPSA) is 57.6 Å². The van der Waals surface area contributed by atoms with E-state index >= 15 is 0 Å². The molecule has 5 heteroatoms. The third kappa shape index (κ3) is 6.10. The normalized spacial score (nSPS) is 28.9. The average Bonchev–Trinajstić information content (AvgIpc) is 2.27. The minimum Gasteiger partial charge on any atom is -0.393 e. The van der Waals surface area contributed by atoms with Crippen LogP contribution in [0, 0.1) is 17.3 Å². The van der Waals surface area contributed by atoms with Crippen LogP contribution in [0.25, 0.3) is 0 Å². The van der Waals surface area contributed by atoms with Crippen molar-refractivity contribution in [3.63, 3.8) is 0 Å². The van der Waals surface area contributed by atoms with Crippen molar-refractivity contribution >= 4 is 9.84 Å². The molecule has 1 rings (SSSR count). The number of aliphatic hydroxyl groups is 1. The van der Waals surface area contributed by atoms with E-state index in [1.54, 1.807) is 0 Å². The van der Waals surface area contributed by atoms with Gasteiger partial charge in [0.25, 0.3) is 0 Å². The van der Waals surface area contributed by atoms with Crippen LogP contribution in [-0.2, 0) is 9.84 Å². The molecule has 0 aromatic carbocycles. The molecule has 0 aliphatic heterocycles. The van der Waals surface area contributed by atoms with E-state index in [0.717, 1.165) is 25.8 Å². The second-order valence-corrected chi connectivity index (χ2v) is 9.86. The highest BCUT2D eigenvalue weighted by molar-refractivity contribution is 7.90. The zero-order valence-electron chi connectivity index (χ0n) is 13.6. The molecular weight excluding hydrogens is 274 g/mol. The first kappa shape index (κ1) is 17.9. The van der Waals surface area contributed by atoms with Crippen LogP contribution in [0.15, 0.2) is 0 Å². The van der Waals surface area contributed by atoms with Gasteiger partial charge >= 0.3 is 0 Å². The maximum Gasteiger partial charge on any atom is 0.148 e. The summed E-state index contributed by atoms with van der Waals surface area (Å²) in [5.41, 5.74) is 0.281. The van der Waals surface area contributed by atoms with E-state index in [-0.39, 0.29) is 23.2 Å². The molecule has 20 heavy (non-hydrogen) atoms. The van der Waals surface area contributed by atoms with Gasteiger partial charge in [0.2, 0.25) is 0 Å². The fraction of sp³-hybridized carbons (Fsp3) is 1.00. The van der Waals surface area contributed by atoms with Crippen molar-refractivity contribution in [3.8, 4) is 0 Å². The molecule has 0 bridgehead atoms. The molecule has 1 saturated carbocycles. The Bertz CT molecular complexity index is 400. The van der Waals surface area contributed by atoms with Crippen LogP contribution in [-0.4, -0.2) is 56.7 Å². The smallest absolute Gasteiger partial charge is 0.148 e. The van der Waals surface area contributed by atoms with Crippen molar-refractivity contribution in [3.05, 3.63) is 0 Å². The Balaban J connectivity index is 2.52. The van der Waals surface area contributed by atoms with Gasteiger partial charge in [0, 0.05) is 19.3 Å². The molecule has 1 aliphatic rings. The van der Waals surface area contributed by atoms with Crippen molar-refractivity contribution < 1.29 is 13.5 Å². The lowest BCUT2D eigenvalue weighted by Gasteiger charge is -2.41. The zero-order chi connectivity index (χ0) is 15.6. The molecule has 0 amide bonds. The quantitative estimate of drug-likeness (QED) is 0.841. The van der Waals surface area contributed by atoms with E-state index in [9.17, 15) is 13.5 Å². The van der Waals surface area contributed by atoms with E-state index < -0.39 is 9.84 Å². The summed E-state index contributed by atoms with van der Waals surface area (Å²) >= 11 is 0. The van der Waals surface area contributed by atoms with Gasteiger partial charge in [-0.3, -0.25) is 0 Å².